The van der Waals surface area contributed by atoms with Crippen molar-refractivity contribution >= 4 is 17.1 Å². The number of nitrogens with zero attached hydrogens (tertiary/aromatic N) is 1. The van der Waals surface area contributed by atoms with Crippen molar-refractivity contribution in [3.05, 3.63) is 66.0 Å². The second-order valence-corrected chi connectivity index (χ2v) is 5.94. The molecule has 3 heteroatoms. The van der Waals surface area contributed by atoms with Crippen molar-refractivity contribution in [2.24, 2.45) is 0 Å². The molecule has 0 radical (unpaired) electrons. The van der Waals surface area contributed by atoms with Crippen molar-refractivity contribution in [2.75, 3.05) is 0 Å². The van der Waals surface area contributed by atoms with Gasteiger partial charge in [0.2, 0.25) is 0 Å². The number of ketones is 1. The van der Waals surface area contributed by atoms with Crippen molar-refractivity contribution in [2.45, 2.75) is 13.8 Å². The van der Waals surface area contributed by atoms with Gasteiger partial charge in [-0.05, 0) is 42.7 Å². The predicted molar refractivity (Wildman–Crippen MR) is 87.7 cm³/mol. The van der Waals surface area contributed by atoms with E-state index < -0.39 is 0 Å². The van der Waals surface area contributed by atoms with Crippen LogP contribution >= 0.6 is 11.3 Å². The zero-order valence-corrected chi connectivity index (χ0v) is 12.8. The van der Waals surface area contributed by atoms with Crippen LogP contribution < -0.4 is 0 Å². The van der Waals surface area contributed by atoms with Crippen LogP contribution in [0.3, 0.4) is 0 Å². The standard InChI is InChI=1S/C18H15NOS/c1-12-16(13(2)20)18(14-6-4-3-5-7-14)21-17(12)15-8-10-19-11-9-15/h3-11H,1-2H3. The molecule has 104 valence electrons. The zero-order chi connectivity index (χ0) is 14.8. The number of rotatable bonds is 3. The van der Waals surface area contributed by atoms with Crippen LogP contribution in [0.4, 0.5) is 0 Å². The molecule has 0 saturated heterocycles. The highest BCUT2D eigenvalue weighted by molar-refractivity contribution is 7.19. The Kier molecular flexibility index (Phi) is 3.67. The maximum atomic E-state index is 12.1. The number of pyridine rings is 1. The summed E-state index contributed by atoms with van der Waals surface area (Å²) in [6, 6.07) is 14.1. The van der Waals surface area contributed by atoms with Crippen LogP contribution in [0.5, 0.6) is 0 Å². The number of aromatic nitrogens is 1. The second kappa shape index (κ2) is 5.62. The van der Waals surface area contributed by atoms with Crippen LogP contribution in [-0.4, -0.2) is 10.8 Å². The lowest BCUT2D eigenvalue weighted by atomic mass is 10.0. The molecule has 0 aliphatic heterocycles. The fraction of sp³-hybridized carbons (Fsp3) is 0.111. The van der Waals surface area contributed by atoms with Gasteiger partial charge in [-0.2, -0.15) is 0 Å². The number of hydrogen-bond donors (Lipinski definition) is 0. The van der Waals surface area contributed by atoms with Gasteiger partial charge in [0.1, 0.15) is 0 Å². The fourth-order valence-electron chi connectivity index (χ4n) is 2.51. The van der Waals surface area contributed by atoms with Crippen LogP contribution in [-0.2, 0) is 0 Å². The fourth-order valence-corrected chi connectivity index (χ4v) is 3.87. The summed E-state index contributed by atoms with van der Waals surface area (Å²) >= 11 is 1.67. The largest absolute Gasteiger partial charge is 0.294 e. The molecule has 0 amide bonds. The summed E-state index contributed by atoms with van der Waals surface area (Å²) in [5, 5.41) is 0. The molecule has 0 bridgehead atoms. The Hall–Kier alpha value is -2.26. The lowest BCUT2D eigenvalue weighted by molar-refractivity contribution is 0.101. The third-order valence-electron chi connectivity index (χ3n) is 3.48. The van der Waals surface area contributed by atoms with E-state index in [9.17, 15) is 4.79 Å². The molecule has 3 aromatic rings. The van der Waals surface area contributed by atoms with Gasteiger partial charge in [-0.3, -0.25) is 9.78 Å². The number of benzene rings is 1. The summed E-state index contributed by atoms with van der Waals surface area (Å²) < 4.78 is 0. The number of Topliss-reactive ketones (excluding diaryl/α,β-unsaturated/α-hetero) is 1. The molecule has 0 saturated carbocycles. The normalized spacial score (nSPS) is 10.6. The van der Waals surface area contributed by atoms with E-state index in [2.05, 4.69) is 4.98 Å². The Morgan fingerprint density at radius 3 is 2.19 bits per heavy atom. The summed E-state index contributed by atoms with van der Waals surface area (Å²) in [6.45, 7) is 3.66. The average Bonchev–Trinajstić information content (AvgIpc) is 2.87. The van der Waals surface area contributed by atoms with E-state index in [1.165, 1.54) is 0 Å². The Labute approximate surface area is 128 Å². The third-order valence-corrected chi connectivity index (χ3v) is 4.87. The molecule has 3 rings (SSSR count). The van der Waals surface area contributed by atoms with E-state index >= 15 is 0 Å². The first-order chi connectivity index (χ1) is 10.2. The minimum absolute atomic E-state index is 0.114. The first-order valence-corrected chi connectivity index (χ1v) is 7.60. The Morgan fingerprint density at radius 2 is 1.57 bits per heavy atom. The van der Waals surface area contributed by atoms with Gasteiger partial charge in [-0.25, -0.2) is 0 Å². The van der Waals surface area contributed by atoms with Gasteiger partial charge in [0.15, 0.2) is 5.78 Å². The monoisotopic (exact) mass is 293 g/mol. The van der Waals surface area contributed by atoms with E-state index in [0.717, 1.165) is 32.0 Å². The molecule has 2 nitrogen and oxygen atoms in total. The van der Waals surface area contributed by atoms with Crippen molar-refractivity contribution in [3.63, 3.8) is 0 Å². The molecule has 0 unspecified atom stereocenters. The molecule has 2 heterocycles. The Bertz CT molecular complexity index is 776. The first kappa shape index (κ1) is 13.7. The van der Waals surface area contributed by atoms with Crippen LogP contribution in [0.2, 0.25) is 0 Å². The van der Waals surface area contributed by atoms with E-state index in [1.54, 1.807) is 30.7 Å². The van der Waals surface area contributed by atoms with Gasteiger partial charge in [0.25, 0.3) is 0 Å². The molecule has 0 atom stereocenters. The van der Waals surface area contributed by atoms with Crippen LogP contribution in [0.25, 0.3) is 20.9 Å². The maximum Gasteiger partial charge on any atom is 0.161 e. The molecular weight excluding hydrogens is 278 g/mol. The zero-order valence-electron chi connectivity index (χ0n) is 12.0. The topological polar surface area (TPSA) is 30.0 Å². The molecule has 0 spiro atoms. The highest BCUT2D eigenvalue weighted by atomic mass is 32.1. The molecule has 0 N–H and O–H groups in total. The van der Waals surface area contributed by atoms with Crippen LogP contribution in [0.1, 0.15) is 22.8 Å². The Balaban J connectivity index is 2.24. The summed E-state index contributed by atoms with van der Waals surface area (Å²) in [4.78, 5) is 18.3. The predicted octanol–water partition coefficient (Wildman–Crippen LogP) is 4.99. The summed E-state index contributed by atoms with van der Waals surface area (Å²) in [5.74, 6) is 0.114. The van der Waals surface area contributed by atoms with Gasteiger partial charge >= 0.3 is 0 Å². The smallest absolute Gasteiger partial charge is 0.161 e. The van der Waals surface area contributed by atoms with Gasteiger partial charge < -0.3 is 0 Å². The number of carbonyl (C=O) groups excluding carboxylic acids is 1. The van der Waals surface area contributed by atoms with Gasteiger partial charge in [0, 0.05) is 27.7 Å². The van der Waals surface area contributed by atoms with Crippen LogP contribution in [0.15, 0.2) is 54.9 Å². The molecule has 2 aromatic heterocycles. The average molecular weight is 293 g/mol. The van der Waals surface area contributed by atoms with Crippen molar-refractivity contribution in [1.29, 1.82) is 0 Å². The van der Waals surface area contributed by atoms with E-state index in [0.29, 0.717) is 0 Å². The summed E-state index contributed by atoms with van der Waals surface area (Å²) in [5.41, 5.74) is 4.09. The lowest BCUT2D eigenvalue weighted by Crippen LogP contribution is -1.95. The van der Waals surface area contributed by atoms with Crippen molar-refractivity contribution in [3.8, 4) is 20.9 Å². The van der Waals surface area contributed by atoms with Gasteiger partial charge in [-0.15, -0.1) is 11.3 Å². The molecule has 0 aliphatic rings. The number of thiophene rings is 1. The quantitative estimate of drug-likeness (QED) is 0.637. The van der Waals surface area contributed by atoms with Gasteiger partial charge in [-0.1, -0.05) is 30.3 Å². The third kappa shape index (κ3) is 2.52. The summed E-state index contributed by atoms with van der Waals surface area (Å²) in [6.07, 6.45) is 3.56. The van der Waals surface area contributed by atoms with Gasteiger partial charge in [0.05, 0.1) is 0 Å². The van der Waals surface area contributed by atoms with Crippen molar-refractivity contribution < 1.29 is 4.79 Å². The maximum absolute atomic E-state index is 12.1. The summed E-state index contributed by atoms with van der Waals surface area (Å²) in [7, 11) is 0. The van der Waals surface area contributed by atoms with Crippen LogP contribution in [0, 0.1) is 6.92 Å². The van der Waals surface area contributed by atoms with Crippen molar-refractivity contribution in [1.82, 2.24) is 4.98 Å². The molecule has 21 heavy (non-hydrogen) atoms. The first-order valence-electron chi connectivity index (χ1n) is 6.78. The minimum atomic E-state index is 0.114. The number of hydrogen-bond acceptors (Lipinski definition) is 3. The number of carbonyl (C=O) groups is 1. The minimum Gasteiger partial charge on any atom is -0.294 e. The highest BCUT2D eigenvalue weighted by Gasteiger charge is 2.20. The second-order valence-electron chi connectivity index (χ2n) is 4.92. The Morgan fingerprint density at radius 1 is 0.952 bits per heavy atom. The van der Waals surface area contributed by atoms with E-state index in [-0.39, 0.29) is 5.78 Å². The highest BCUT2D eigenvalue weighted by Crippen LogP contribution is 2.41. The molecule has 0 fully saturated rings. The SMILES string of the molecule is CC(=O)c1c(-c2ccccc2)sc(-c2ccncc2)c1C. The molecular formula is C18H15NOS. The van der Waals surface area contributed by atoms with E-state index in [1.807, 2.05) is 49.4 Å². The lowest BCUT2D eigenvalue weighted by Gasteiger charge is -2.01. The molecule has 1 aromatic carbocycles. The molecule has 0 aliphatic carbocycles. The van der Waals surface area contributed by atoms with E-state index in [4.69, 9.17) is 0 Å².